The number of hydrogen-bond donors (Lipinski definition) is 2. The van der Waals surface area contributed by atoms with Gasteiger partial charge < -0.3 is 25.0 Å². The first kappa shape index (κ1) is 22.9. The monoisotopic (exact) mass is 533 g/mol. The van der Waals surface area contributed by atoms with Crippen LogP contribution in [0.15, 0.2) is 53.5 Å². The van der Waals surface area contributed by atoms with E-state index in [1.54, 1.807) is 7.05 Å². The summed E-state index contributed by atoms with van der Waals surface area (Å²) in [4.78, 5) is 11.1. The minimum Gasteiger partial charge on any atom is -0.454 e. The smallest absolute Gasteiger partial charge is 0.231 e. The van der Waals surface area contributed by atoms with Gasteiger partial charge in [0, 0.05) is 39.6 Å². The third-order valence-corrected chi connectivity index (χ3v) is 5.06. The van der Waals surface area contributed by atoms with Crippen LogP contribution in [0.1, 0.15) is 11.1 Å². The Kier molecular flexibility index (Phi) is 7.78. The van der Waals surface area contributed by atoms with E-state index < -0.39 is 0 Å². The Morgan fingerprint density at radius 1 is 1.06 bits per heavy atom. The molecule has 2 heterocycles. The zero-order chi connectivity index (χ0) is 20.9. The van der Waals surface area contributed by atoms with Crippen LogP contribution in [0.25, 0.3) is 10.9 Å². The van der Waals surface area contributed by atoms with Crippen LogP contribution in [0.3, 0.4) is 0 Å². The molecule has 0 unspecified atom stereocenters. The summed E-state index contributed by atoms with van der Waals surface area (Å²) in [6.07, 6.45) is 0.861. The van der Waals surface area contributed by atoms with Crippen LogP contribution in [-0.4, -0.2) is 45.4 Å². The van der Waals surface area contributed by atoms with Crippen LogP contribution in [0.4, 0.5) is 5.82 Å². The molecule has 0 saturated heterocycles. The predicted molar refractivity (Wildman–Crippen MR) is 136 cm³/mol. The summed E-state index contributed by atoms with van der Waals surface area (Å²) in [6, 6.07) is 16.4. The summed E-state index contributed by atoms with van der Waals surface area (Å²) in [5.41, 5.74) is 3.37. The number of fused-ring (bicyclic) bond motifs is 2. The minimum atomic E-state index is 0. The third kappa shape index (κ3) is 5.49. The van der Waals surface area contributed by atoms with Gasteiger partial charge in [0.2, 0.25) is 6.79 Å². The zero-order valence-electron chi connectivity index (χ0n) is 18.0. The van der Waals surface area contributed by atoms with Crippen molar-refractivity contribution in [3.8, 4) is 11.5 Å². The van der Waals surface area contributed by atoms with Gasteiger partial charge in [-0.2, -0.15) is 0 Å². The molecule has 164 valence electrons. The average molecular weight is 533 g/mol. The van der Waals surface area contributed by atoms with Crippen LogP contribution in [0.5, 0.6) is 11.5 Å². The Balaban J connectivity index is 0.00000272. The highest BCUT2D eigenvalue weighted by atomic mass is 127. The molecule has 4 rings (SSSR count). The second kappa shape index (κ2) is 10.5. The number of hydrogen-bond acceptors (Lipinski definition) is 5. The predicted octanol–water partition coefficient (Wildman–Crippen LogP) is 3.56. The number of guanidine groups is 1. The molecule has 2 aromatic carbocycles. The van der Waals surface area contributed by atoms with Gasteiger partial charge in [0.05, 0.1) is 5.52 Å². The van der Waals surface area contributed by atoms with Crippen molar-refractivity contribution in [2.45, 2.75) is 13.0 Å². The van der Waals surface area contributed by atoms with E-state index in [0.29, 0.717) is 13.3 Å². The number of nitrogens with zero attached hydrogens (tertiary/aromatic N) is 3. The molecule has 8 heteroatoms. The fraction of sp³-hybridized carbons (Fsp3) is 0.304. The summed E-state index contributed by atoms with van der Waals surface area (Å²) in [7, 11) is 5.79. The molecular weight excluding hydrogens is 505 g/mol. The number of aliphatic imine (C=N–C) groups is 1. The number of nitrogens with one attached hydrogen (secondary N) is 2. The molecule has 0 aliphatic carbocycles. The summed E-state index contributed by atoms with van der Waals surface area (Å²) in [6.45, 7) is 1.72. The molecule has 0 atom stereocenters. The van der Waals surface area contributed by atoms with Gasteiger partial charge in [0.15, 0.2) is 17.5 Å². The fourth-order valence-corrected chi connectivity index (χ4v) is 3.43. The maximum absolute atomic E-state index is 5.45. The van der Waals surface area contributed by atoms with Crippen molar-refractivity contribution in [2.24, 2.45) is 4.99 Å². The van der Waals surface area contributed by atoms with E-state index in [-0.39, 0.29) is 24.0 Å². The van der Waals surface area contributed by atoms with Gasteiger partial charge in [0.25, 0.3) is 0 Å². The van der Waals surface area contributed by atoms with Gasteiger partial charge in [-0.15, -0.1) is 24.0 Å². The van der Waals surface area contributed by atoms with E-state index in [0.717, 1.165) is 47.1 Å². The Morgan fingerprint density at radius 3 is 2.68 bits per heavy atom. The lowest BCUT2D eigenvalue weighted by atomic mass is 10.1. The normalized spacial score (nSPS) is 12.4. The molecular formula is C23H28IN5O2. The van der Waals surface area contributed by atoms with Gasteiger partial charge in [-0.05, 0) is 41.8 Å². The lowest BCUT2D eigenvalue weighted by Crippen LogP contribution is -2.37. The average Bonchev–Trinajstić information content (AvgIpc) is 3.23. The quantitative estimate of drug-likeness (QED) is 0.287. The van der Waals surface area contributed by atoms with E-state index >= 15 is 0 Å². The Hall–Kier alpha value is -2.75. The van der Waals surface area contributed by atoms with Crippen molar-refractivity contribution in [1.29, 1.82) is 0 Å². The summed E-state index contributed by atoms with van der Waals surface area (Å²) in [5, 5.41) is 7.95. The van der Waals surface area contributed by atoms with Crippen LogP contribution in [-0.2, 0) is 13.0 Å². The highest BCUT2D eigenvalue weighted by Gasteiger charge is 2.13. The summed E-state index contributed by atoms with van der Waals surface area (Å²) >= 11 is 0. The number of pyridine rings is 1. The lowest BCUT2D eigenvalue weighted by Gasteiger charge is -2.17. The van der Waals surface area contributed by atoms with Crippen molar-refractivity contribution < 1.29 is 9.47 Å². The first-order valence-corrected chi connectivity index (χ1v) is 10.0. The SMILES string of the molecule is CN=C(NCCc1ccc2c(c1)OCO2)NCc1cc(N(C)C)nc2ccccc12.I. The van der Waals surface area contributed by atoms with E-state index in [1.165, 1.54) is 11.1 Å². The maximum Gasteiger partial charge on any atom is 0.231 e. The van der Waals surface area contributed by atoms with E-state index in [1.807, 2.05) is 49.3 Å². The van der Waals surface area contributed by atoms with E-state index in [4.69, 9.17) is 14.5 Å². The van der Waals surface area contributed by atoms with Crippen LogP contribution >= 0.6 is 24.0 Å². The van der Waals surface area contributed by atoms with Gasteiger partial charge in [-0.3, -0.25) is 4.99 Å². The molecule has 1 aromatic heterocycles. The third-order valence-electron chi connectivity index (χ3n) is 5.06. The molecule has 1 aliphatic heterocycles. The van der Waals surface area contributed by atoms with Crippen LogP contribution < -0.4 is 25.0 Å². The fourth-order valence-electron chi connectivity index (χ4n) is 3.43. The van der Waals surface area contributed by atoms with Crippen molar-refractivity contribution in [2.75, 3.05) is 39.4 Å². The van der Waals surface area contributed by atoms with Gasteiger partial charge in [-0.1, -0.05) is 24.3 Å². The molecule has 31 heavy (non-hydrogen) atoms. The second-order valence-corrected chi connectivity index (χ2v) is 7.34. The summed E-state index contributed by atoms with van der Waals surface area (Å²) < 4.78 is 10.8. The van der Waals surface area contributed by atoms with Crippen LogP contribution in [0, 0.1) is 0 Å². The van der Waals surface area contributed by atoms with Gasteiger partial charge in [0.1, 0.15) is 5.82 Å². The number of benzene rings is 2. The minimum absolute atomic E-state index is 0. The van der Waals surface area contributed by atoms with Gasteiger partial charge in [-0.25, -0.2) is 4.98 Å². The Labute approximate surface area is 199 Å². The largest absolute Gasteiger partial charge is 0.454 e. The number of anilines is 1. The number of halogens is 1. The van der Waals surface area contributed by atoms with E-state index in [2.05, 4.69) is 33.8 Å². The standard InChI is InChI=1S/C23H27N5O2.HI/c1-24-23(25-11-10-16-8-9-20-21(12-16)30-15-29-20)26-14-17-13-22(28(2)3)27-19-7-5-4-6-18(17)19;/h4-9,12-13H,10-11,14-15H2,1-3H3,(H2,24,25,26);1H. The Morgan fingerprint density at radius 2 is 1.87 bits per heavy atom. The first-order valence-electron chi connectivity index (χ1n) is 10.0. The van der Waals surface area contributed by atoms with Crippen molar-refractivity contribution in [1.82, 2.24) is 15.6 Å². The molecule has 0 fully saturated rings. The summed E-state index contributed by atoms with van der Waals surface area (Å²) in [5.74, 6) is 3.33. The van der Waals surface area contributed by atoms with Crippen molar-refractivity contribution in [3.05, 3.63) is 59.7 Å². The molecule has 2 N–H and O–H groups in total. The number of ether oxygens (including phenoxy) is 2. The molecule has 0 spiro atoms. The molecule has 0 saturated carbocycles. The van der Waals surface area contributed by atoms with E-state index in [9.17, 15) is 0 Å². The molecule has 3 aromatic rings. The Bertz CT molecular complexity index is 1070. The molecule has 0 radical (unpaired) electrons. The zero-order valence-corrected chi connectivity index (χ0v) is 20.3. The first-order chi connectivity index (χ1) is 14.6. The highest BCUT2D eigenvalue weighted by Crippen LogP contribution is 2.32. The second-order valence-electron chi connectivity index (χ2n) is 7.34. The number of para-hydroxylation sites is 1. The molecule has 7 nitrogen and oxygen atoms in total. The molecule has 0 amide bonds. The maximum atomic E-state index is 5.45. The lowest BCUT2D eigenvalue weighted by molar-refractivity contribution is 0.174. The van der Waals surface area contributed by atoms with Gasteiger partial charge >= 0.3 is 0 Å². The highest BCUT2D eigenvalue weighted by molar-refractivity contribution is 14.0. The number of aromatic nitrogens is 1. The van der Waals surface area contributed by atoms with Crippen molar-refractivity contribution >= 4 is 46.7 Å². The topological polar surface area (TPSA) is 71.0 Å². The molecule has 1 aliphatic rings. The molecule has 0 bridgehead atoms. The van der Waals surface area contributed by atoms with Crippen molar-refractivity contribution in [3.63, 3.8) is 0 Å². The van der Waals surface area contributed by atoms with Crippen LogP contribution in [0.2, 0.25) is 0 Å². The number of rotatable bonds is 6.